The van der Waals surface area contributed by atoms with Gasteiger partial charge in [-0.1, -0.05) is 52.3 Å². The Labute approximate surface area is 188 Å². The molecule has 31 heavy (non-hydrogen) atoms. The summed E-state index contributed by atoms with van der Waals surface area (Å²) in [5.74, 6) is 0.0832. The quantitative estimate of drug-likeness (QED) is 0.244. The van der Waals surface area contributed by atoms with Gasteiger partial charge in [0.1, 0.15) is 12.4 Å². The van der Waals surface area contributed by atoms with Crippen LogP contribution in [-0.2, 0) is 11.3 Å². The third-order valence-electron chi connectivity index (χ3n) is 4.92. The number of rotatable bonds is 7. The van der Waals surface area contributed by atoms with Crippen LogP contribution in [0.4, 0.5) is 0 Å². The molecule has 0 aliphatic carbocycles. The molecule has 0 spiro atoms. The van der Waals surface area contributed by atoms with Gasteiger partial charge in [0.15, 0.2) is 6.29 Å². The normalized spacial score (nSPS) is 10.8. The van der Waals surface area contributed by atoms with Crippen LogP contribution in [0.5, 0.6) is 5.75 Å². The molecule has 4 rings (SSSR count). The van der Waals surface area contributed by atoms with E-state index in [0.29, 0.717) is 40.3 Å². The van der Waals surface area contributed by atoms with Crippen LogP contribution in [0.2, 0.25) is 0 Å². The summed E-state index contributed by atoms with van der Waals surface area (Å²) in [6, 6.07) is 20.8. The number of aromatic nitrogens is 1. The van der Waals surface area contributed by atoms with E-state index in [1.807, 2.05) is 60.7 Å². The van der Waals surface area contributed by atoms with E-state index in [1.54, 1.807) is 23.6 Å². The van der Waals surface area contributed by atoms with Crippen LogP contribution >= 0.6 is 15.9 Å². The summed E-state index contributed by atoms with van der Waals surface area (Å²) in [4.78, 5) is 25.1. The summed E-state index contributed by atoms with van der Waals surface area (Å²) >= 11 is 3.51. The van der Waals surface area contributed by atoms with Gasteiger partial charge in [-0.3, -0.25) is 4.79 Å². The number of carbonyl (C=O) groups is 2. The summed E-state index contributed by atoms with van der Waals surface area (Å²) in [6.07, 6.45) is 2.51. The molecule has 0 amide bonds. The molecule has 0 unspecified atom stereocenters. The lowest BCUT2D eigenvalue weighted by molar-refractivity contribution is 0.0529. The summed E-state index contributed by atoms with van der Waals surface area (Å²) < 4.78 is 14.0. The molecular formula is C25H20BrNO4. The Kier molecular flexibility index (Phi) is 6.18. The molecule has 5 nitrogen and oxygen atoms in total. The predicted octanol–water partition coefficient (Wildman–Crippen LogP) is 5.94. The van der Waals surface area contributed by atoms with Gasteiger partial charge in [-0.05, 0) is 42.8 Å². The van der Waals surface area contributed by atoms with E-state index in [2.05, 4.69) is 15.9 Å². The molecule has 2 aromatic carbocycles. The lowest BCUT2D eigenvalue weighted by Gasteiger charge is -2.14. The third-order valence-corrected chi connectivity index (χ3v) is 5.41. The van der Waals surface area contributed by atoms with Crippen LogP contribution in [-0.4, -0.2) is 23.3 Å². The predicted molar refractivity (Wildman–Crippen MR) is 123 cm³/mol. The van der Waals surface area contributed by atoms with Crippen LogP contribution in [0, 0.1) is 0 Å². The highest BCUT2D eigenvalue weighted by atomic mass is 79.9. The number of carbonyl (C=O) groups excluding carboxylic acids is 2. The van der Waals surface area contributed by atoms with Crippen molar-refractivity contribution < 1.29 is 19.1 Å². The van der Waals surface area contributed by atoms with E-state index in [1.165, 1.54) is 0 Å². The first-order chi connectivity index (χ1) is 15.1. The van der Waals surface area contributed by atoms with E-state index < -0.39 is 5.97 Å². The van der Waals surface area contributed by atoms with Crippen molar-refractivity contribution in [2.75, 3.05) is 6.61 Å². The Hall–Kier alpha value is -3.38. The Morgan fingerprint density at radius 2 is 1.84 bits per heavy atom. The minimum Gasteiger partial charge on any atom is -0.488 e. The number of fused-ring (bicyclic) bond motifs is 1. The molecule has 0 bridgehead atoms. The first-order valence-electron chi connectivity index (χ1n) is 9.86. The lowest BCUT2D eigenvalue weighted by atomic mass is 9.99. The van der Waals surface area contributed by atoms with Crippen LogP contribution in [0.25, 0.3) is 16.6 Å². The van der Waals surface area contributed by atoms with Crippen molar-refractivity contribution in [2.45, 2.75) is 13.5 Å². The van der Waals surface area contributed by atoms with Crippen molar-refractivity contribution in [3.8, 4) is 16.9 Å². The highest BCUT2D eigenvalue weighted by Crippen LogP contribution is 2.40. The molecule has 0 atom stereocenters. The minimum absolute atomic E-state index is 0.231. The molecule has 2 aromatic heterocycles. The Balaban J connectivity index is 1.92. The maximum Gasteiger partial charge on any atom is 0.340 e. The average Bonchev–Trinajstić information content (AvgIpc) is 3.13. The summed E-state index contributed by atoms with van der Waals surface area (Å²) in [5.41, 5.74) is 3.45. The number of pyridine rings is 1. The molecular weight excluding hydrogens is 458 g/mol. The average molecular weight is 478 g/mol. The van der Waals surface area contributed by atoms with E-state index in [0.717, 1.165) is 16.3 Å². The maximum absolute atomic E-state index is 13.0. The highest BCUT2D eigenvalue weighted by molar-refractivity contribution is 9.10. The smallest absolute Gasteiger partial charge is 0.340 e. The van der Waals surface area contributed by atoms with E-state index >= 15 is 0 Å². The zero-order valence-electron chi connectivity index (χ0n) is 16.9. The molecule has 0 radical (unpaired) electrons. The van der Waals surface area contributed by atoms with E-state index in [-0.39, 0.29) is 6.61 Å². The molecule has 2 heterocycles. The largest absolute Gasteiger partial charge is 0.488 e. The molecule has 0 aliphatic heterocycles. The number of ether oxygens (including phenoxy) is 2. The fourth-order valence-corrected chi connectivity index (χ4v) is 3.95. The van der Waals surface area contributed by atoms with Gasteiger partial charge in [0.25, 0.3) is 0 Å². The minimum atomic E-state index is -0.483. The second-order valence-electron chi connectivity index (χ2n) is 6.84. The van der Waals surface area contributed by atoms with Gasteiger partial charge in [-0.25, -0.2) is 4.79 Å². The second-order valence-corrected chi connectivity index (χ2v) is 7.76. The van der Waals surface area contributed by atoms with Crippen molar-refractivity contribution in [2.24, 2.45) is 0 Å². The number of hydrogen-bond donors (Lipinski definition) is 0. The zero-order chi connectivity index (χ0) is 21.8. The zero-order valence-corrected chi connectivity index (χ0v) is 18.5. The van der Waals surface area contributed by atoms with E-state index in [4.69, 9.17) is 9.47 Å². The van der Waals surface area contributed by atoms with Crippen molar-refractivity contribution >= 4 is 33.7 Å². The van der Waals surface area contributed by atoms with Crippen molar-refractivity contribution in [1.82, 2.24) is 4.40 Å². The van der Waals surface area contributed by atoms with Gasteiger partial charge in [0.05, 0.1) is 23.4 Å². The summed E-state index contributed by atoms with van der Waals surface area (Å²) in [6.45, 7) is 2.34. The third kappa shape index (κ3) is 4.11. The fourth-order valence-electron chi connectivity index (χ4n) is 3.59. The molecule has 156 valence electrons. The molecule has 0 N–H and O–H groups in total. The van der Waals surface area contributed by atoms with Crippen LogP contribution in [0.15, 0.2) is 77.4 Å². The van der Waals surface area contributed by atoms with Crippen LogP contribution < -0.4 is 4.74 Å². The summed E-state index contributed by atoms with van der Waals surface area (Å²) in [5, 5.41) is 0. The van der Waals surface area contributed by atoms with Crippen LogP contribution in [0.3, 0.4) is 0 Å². The number of esters is 1. The Morgan fingerprint density at radius 3 is 2.58 bits per heavy atom. The number of benzene rings is 2. The number of nitrogens with zero attached hydrogens (tertiary/aromatic N) is 1. The lowest BCUT2D eigenvalue weighted by Crippen LogP contribution is -2.06. The molecule has 0 aliphatic rings. The topological polar surface area (TPSA) is 57.0 Å². The molecule has 0 saturated heterocycles. The number of hydrogen-bond acceptors (Lipinski definition) is 4. The van der Waals surface area contributed by atoms with E-state index in [9.17, 15) is 9.59 Å². The van der Waals surface area contributed by atoms with Crippen LogP contribution in [0.1, 0.15) is 33.3 Å². The first-order valence-corrected chi connectivity index (χ1v) is 10.6. The van der Waals surface area contributed by atoms with Gasteiger partial charge < -0.3 is 13.9 Å². The Morgan fingerprint density at radius 1 is 1.06 bits per heavy atom. The molecule has 0 saturated carbocycles. The Bertz CT molecular complexity index is 1250. The van der Waals surface area contributed by atoms with Crippen molar-refractivity contribution in [3.63, 3.8) is 0 Å². The highest BCUT2D eigenvalue weighted by Gasteiger charge is 2.27. The molecule has 6 heteroatoms. The van der Waals surface area contributed by atoms with Gasteiger partial charge in [0, 0.05) is 21.8 Å². The monoisotopic (exact) mass is 477 g/mol. The van der Waals surface area contributed by atoms with Gasteiger partial charge >= 0.3 is 5.97 Å². The SMILES string of the molecule is CCOC(=O)c1c(-c2cc(Br)ccc2OCc2ccccc2)c(C=O)n2ccccc12. The maximum atomic E-state index is 13.0. The van der Waals surface area contributed by atoms with Gasteiger partial charge in [-0.15, -0.1) is 0 Å². The van der Waals surface area contributed by atoms with Gasteiger partial charge in [-0.2, -0.15) is 0 Å². The summed E-state index contributed by atoms with van der Waals surface area (Å²) in [7, 11) is 0. The molecule has 0 fully saturated rings. The number of aldehydes is 1. The van der Waals surface area contributed by atoms with Crippen molar-refractivity contribution in [1.29, 1.82) is 0 Å². The van der Waals surface area contributed by atoms with Gasteiger partial charge in [0.2, 0.25) is 0 Å². The molecule has 4 aromatic rings. The fraction of sp³-hybridized carbons (Fsp3) is 0.120. The van der Waals surface area contributed by atoms with Crippen molar-refractivity contribution in [3.05, 3.63) is 94.2 Å². The number of halogens is 1. The standard InChI is InChI=1S/C25H20BrNO4/c1-2-30-25(29)24-20-10-6-7-13-27(20)21(15-28)23(24)19-14-18(26)11-12-22(19)31-16-17-8-4-3-5-9-17/h3-15H,2,16H2,1H3. The second kappa shape index (κ2) is 9.18. The first kappa shape index (κ1) is 20.9.